The summed E-state index contributed by atoms with van der Waals surface area (Å²) in [5.41, 5.74) is 10.1. The van der Waals surface area contributed by atoms with Crippen LogP contribution >= 0.6 is 0 Å². The Labute approximate surface area is 194 Å². The number of aryl methyl sites for hydroxylation is 1. The summed E-state index contributed by atoms with van der Waals surface area (Å²) in [4.78, 5) is 21.3. The van der Waals surface area contributed by atoms with Gasteiger partial charge >= 0.3 is 0 Å². The van der Waals surface area contributed by atoms with Gasteiger partial charge in [0.25, 0.3) is 0 Å². The molecule has 1 amide bonds. The second kappa shape index (κ2) is 12.0. The Hall–Kier alpha value is -4.19. The van der Waals surface area contributed by atoms with Gasteiger partial charge in [-0.25, -0.2) is 4.99 Å². The van der Waals surface area contributed by atoms with Gasteiger partial charge in [-0.3, -0.25) is 9.79 Å². The van der Waals surface area contributed by atoms with Crippen molar-refractivity contribution in [2.75, 3.05) is 5.73 Å². The van der Waals surface area contributed by atoms with E-state index in [4.69, 9.17) is 5.73 Å². The van der Waals surface area contributed by atoms with Crippen molar-refractivity contribution in [2.24, 2.45) is 9.98 Å². The van der Waals surface area contributed by atoms with E-state index in [1.165, 1.54) is 5.56 Å². The minimum atomic E-state index is -0.185. The van der Waals surface area contributed by atoms with E-state index in [1.807, 2.05) is 48.7 Å². The number of rotatable bonds is 8. The average molecular weight is 441 g/mol. The molecule has 0 saturated heterocycles. The second-order valence-electron chi connectivity index (χ2n) is 7.58. The van der Waals surface area contributed by atoms with Gasteiger partial charge < -0.3 is 16.2 Å². The number of nitrogens with two attached hydrogens (primary N) is 1. The van der Waals surface area contributed by atoms with Crippen LogP contribution in [0.3, 0.4) is 0 Å². The lowest BCUT2D eigenvalue weighted by molar-refractivity contribution is -0.119. The number of phenolic OH excluding ortho intramolecular Hbond substituents is 1. The van der Waals surface area contributed by atoms with Crippen molar-refractivity contribution in [3.8, 4) is 5.75 Å². The zero-order valence-electron chi connectivity index (χ0n) is 18.6. The zero-order valence-corrected chi connectivity index (χ0v) is 18.6. The average Bonchev–Trinajstić information content (AvgIpc) is 2.81. The Balaban J connectivity index is 1.67. The first kappa shape index (κ1) is 23.5. The van der Waals surface area contributed by atoms with E-state index in [-0.39, 0.29) is 18.1 Å². The van der Waals surface area contributed by atoms with Gasteiger partial charge in [0.2, 0.25) is 5.91 Å². The Morgan fingerprint density at radius 1 is 0.970 bits per heavy atom. The molecule has 0 radical (unpaired) electrons. The normalized spacial score (nSPS) is 12.2. The maximum absolute atomic E-state index is 12.3. The van der Waals surface area contributed by atoms with E-state index in [1.54, 1.807) is 37.4 Å². The molecule has 0 aromatic heterocycles. The van der Waals surface area contributed by atoms with Gasteiger partial charge in [-0.05, 0) is 55.2 Å². The molecular weight excluding hydrogens is 412 g/mol. The number of benzene rings is 3. The van der Waals surface area contributed by atoms with Crippen molar-refractivity contribution < 1.29 is 9.90 Å². The first-order valence-corrected chi connectivity index (χ1v) is 10.7. The van der Waals surface area contributed by atoms with E-state index in [0.717, 1.165) is 24.0 Å². The highest BCUT2D eigenvalue weighted by atomic mass is 16.3. The minimum absolute atomic E-state index is 0.168. The van der Waals surface area contributed by atoms with Gasteiger partial charge in [0.15, 0.2) is 0 Å². The number of aromatic hydroxyl groups is 1. The van der Waals surface area contributed by atoms with Crippen molar-refractivity contribution in [3.63, 3.8) is 0 Å². The Kier molecular flexibility index (Phi) is 8.54. The molecule has 3 rings (SSSR count). The van der Waals surface area contributed by atoms with Crippen molar-refractivity contribution >= 4 is 29.3 Å². The smallest absolute Gasteiger partial charge is 0.229 e. The summed E-state index contributed by atoms with van der Waals surface area (Å²) in [6.45, 7) is 1.73. The summed E-state index contributed by atoms with van der Waals surface area (Å²) in [6.07, 6.45) is 5.40. The van der Waals surface area contributed by atoms with Crippen molar-refractivity contribution in [1.29, 1.82) is 0 Å². The molecule has 0 aliphatic rings. The van der Waals surface area contributed by atoms with Crippen LogP contribution < -0.4 is 11.1 Å². The Bertz CT molecular complexity index is 1130. The summed E-state index contributed by atoms with van der Waals surface area (Å²) in [5, 5.41) is 12.1. The van der Waals surface area contributed by atoms with Gasteiger partial charge in [0, 0.05) is 17.5 Å². The van der Waals surface area contributed by atoms with Crippen molar-refractivity contribution in [2.45, 2.75) is 26.2 Å². The SMILES string of the molecule is C\C(=N/C=C(\N=C\CCc1ccccc1)c1ccc(N)cc1)NC(=O)Cc1ccc(O)cc1. The van der Waals surface area contributed by atoms with E-state index >= 15 is 0 Å². The number of amidine groups is 1. The first-order chi connectivity index (χ1) is 16.0. The molecule has 3 aromatic rings. The molecular formula is C27H28N4O2. The molecule has 3 aromatic carbocycles. The number of nitrogens with one attached hydrogen (secondary N) is 1. The molecule has 168 valence electrons. The van der Waals surface area contributed by atoms with E-state index in [9.17, 15) is 9.90 Å². The third-order valence-electron chi connectivity index (χ3n) is 4.84. The number of anilines is 1. The summed E-state index contributed by atoms with van der Waals surface area (Å²) < 4.78 is 0. The molecule has 33 heavy (non-hydrogen) atoms. The predicted molar refractivity (Wildman–Crippen MR) is 135 cm³/mol. The number of nitrogen functional groups attached to an aromatic ring is 1. The van der Waals surface area contributed by atoms with Gasteiger partial charge in [-0.15, -0.1) is 0 Å². The molecule has 0 bridgehead atoms. The fourth-order valence-corrected chi connectivity index (χ4v) is 3.11. The maximum atomic E-state index is 12.3. The highest BCUT2D eigenvalue weighted by Crippen LogP contribution is 2.18. The van der Waals surface area contributed by atoms with Gasteiger partial charge in [-0.2, -0.15) is 0 Å². The predicted octanol–water partition coefficient (Wildman–Crippen LogP) is 4.75. The third kappa shape index (κ3) is 8.10. The monoisotopic (exact) mass is 440 g/mol. The number of nitrogens with zero attached hydrogens (tertiary/aromatic N) is 2. The number of phenols is 1. The number of aliphatic imine (C=N–C) groups is 2. The van der Waals surface area contributed by atoms with Crippen LogP contribution in [0.25, 0.3) is 5.70 Å². The van der Waals surface area contributed by atoms with Crippen LogP contribution in [0.1, 0.15) is 30.0 Å². The quantitative estimate of drug-likeness (QED) is 0.268. The lowest BCUT2D eigenvalue weighted by Gasteiger charge is -2.05. The molecule has 0 spiro atoms. The van der Waals surface area contributed by atoms with Crippen LogP contribution in [0.4, 0.5) is 5.69 Å². The Morgan fingerprint density at radius 3 is 2.36 bits per heavy atom. The van der Waals surface area contributed by atoms with Crippen LogP contribution in [-0.2, 0) is 17.6 Å². The highest BCUT2D eigenvalue weighted by molar-refractivity contribution is 5.98. The first-order valence-electron chi connectivity index (χ1n) is 10.7. The van der Waals surface area contributed by atoms with Crippen LogP contribution in [0, 0.1) is 0 Å². The van der Waals surface area contributed by atoms with E-state index in [0.29, 0.717) is 17.2 Å². The van der Waals surface area contributed by atoms with Crippen LogP contribution in [0.2, 0.25) is 0 Å². The topological polar surface area (TPSA) is 100 Å². The molecule has 0 aliphatic carbocycles. The third-order valence-corrected chi connectivity index (χ3v) is 4.84. The standard InChI is InChI=1S/C27H28N4O2/c1-20(31-27(33)18-22-9-15-25(32)16-10-22)30-19-26(23-11-13-24(28)14-12-23)29-17-5-8-21-6-3-2-4-7-21/h2-4,6-7,9-17,19,32H,5,8,18,28H2,1H3,(H,30,31,33)/b26-19-,29-17+. The number of hydrogen-bond acceptors (Lipinski definition) is 5. The molecule has 6 nitrogen and oxygen atoms in total. The molecule has 0 saturated carbocycles. The lowest BCUT2D eigenvalue weighted by Crippen LogP contribution is -2.29. The summed E-state index contributed by atoms with van der Waals surface area (Å²) >= 11 is 0. The largest absolute Gasteiger partial charge is 0.508 e. The fourth-order valence-electron chi connectivity index (χ4n) is 3.11. The van der Waals surface area contributed by atoms with Gasteiger partial charge in [-0.1, -0.05) is 54.6 Å². The molecule has 0 aliphatic heterocycles. The lowest BCUT2D eigenvalue weighted by atomic mass is 10.1. The minimum Gasteiger partial charge on any atom is -0.508 e. The fraction of sp³-hybridized carbons (Fsp3) is 0.148. The molecule has 0 fully saturated rings. The number of carbonyl (C=O) groups excluding carboxylic acids is 1. The van der Waals surface area contributed by atoms with Crippen LogP contribution in [0.5, 0.6) is 5.75 Å². The van der Waals surface area contributed by atoms with Crippen molar-refractivity contribution in [3.05, 3.63) is 102 Å². The number of amides is 1. The molecule has 4 N–H and O–H groups in total. The Morgan fingerprint density at radius 2 is 1.67 bits per heavy atom. The van der Waals surface area contributed by atoms with E-state index < -0.39 is 0 Å². The number of carbonyl (C=O) groups is 1. The van der Waals surface area contributed by atoms with Crippen LogP contribution in [0.15, 0.2) is 95.0 Å². The second-order valence-corrected chi connectivity index (χ2v) is 7.58. The molecule has 0 atom stereocenters. The van der Waals surface area contributed by atoms with Crippen LogP contribution in [-0.4, -0.2) is 23.1 Å². The maximum Gasteiger partial charge on any atom is 0.229 e. The van der Waals surface area contributed by atoms with Gasteiger partial charge in [0.1, 0.15) is 11.6 Å². The molecule has 6 heteroatoms. The summed E-state index contributed by atoms with van der Waals surface area (Å²) in [5.74, 6) is 0.448. The summed E-state index contributed by atoms with van der Waals surface area (Å²) in [6, 6.07) is 24.2. The van der Waals surface area contributed by atoms with E-state index in [2.05, 4.69) is 27.4 Å². The van der Waals surface area contributed by atoms with Gasteiger partial charge in [0.05, 0.1) is 18.3 Å². The highest BCUT2D eigenvalue weighted by Gasteiger charge is 2.05. The molecule has 0 unspecified atom stereocenters. The number of hydrogen-bond donors (Lipinski definition) is 3. The summed E-state index contributed by atoms with van der Waals surface area (Å²) in [7, 11) is 0. The molecule has 0 heterocycles. The van der Waals surface area contributed by atoms with Crippen molar-refractivity contribution in [1.82, 2.24) is 5.32 Å². The zero-order chi connectivity index (χ0) is 23.5.